The molecule has 0 aliphatic carbocycles. The summed E-state index contributed by atoms with van der Waals surface area (Å²) in [5, 5.41) is 4.20. The van der Waals surface area contributed by atoms with Crippen LogP contribution in [-0.2, 0) is 11.2 Å². The molecule has 3 heterocycles. The highest BCUT2D eigenvalue weighted by Crippen LogP contribution is 2.30. The van der Waals surface area contributed by atoms with Crippen molar-refractivity contribution < 1.29 is 9.53 Å². The SMILES string of the molecule is Cc1cnc2c(c1)N(C(=O)Cc1ccc(-n3cccn3)cc1)CCO2. The van der Waals surface area contributed by atoms with Gasteiger partial charge >= 0.3 is 0 Å². The molecule has 126 valence electrons. The quantitative estimate of drug-likeness (QED) is 0.738. The maximum atomic E-state index is 12.8. The number of pyridine rings is 1. The van der Waals surface area contributed by atoms with Gasteiger partial charge in [-0.1, -0.05) is 12.1 Å². The largest absolute Gasteiger partial charge is 0.474 e. The molecule has 0 radical (unpaired) electrons. The third-order valence-electron chi connectivity index (χ3n) is 4.18. The van der Waals surface area contributed by atoms with E-state index in [9.17, 15) is 4.79 Å². The fraction of sp³-hybridized carbons (Fsp3) is 0.211. The number of fused-ring (bicyclic) bond motifs is 1. The second-order valence-electron chi connectivity index (χ2n) is 6.02. The lowest BCUT2D eigenvalue weighted by Crippen LogP contribution is -2.39. The summed E-state index contributed by atoms with van der Waals surface area (Å²) in [5.41, 5.74) is 3.70. The van der Waals surface area contributed by atoms with E-state index in [0.717, 1.165) is 22.5 Å². The highest BCUT2D eigenvalue weighted by molar-refractivity contribution is 5.96. The molecule has 1 aliphatic rings. The minimum absolute atomic E-state index is 0.0452. The maximum absolute atomic E-state index is 12.8. The molecular weight excluding hydrogens is 316 g/mol. The van der Waals surface area contributed by atoms with Gasteiger partial charge in [-0.25, -0.2) is 9.67 Å². The topological polar surface area (TPSA) is 60.2 Å². The number of hydrogen-bond acceptors (Lipinski definition) is 4. The number of benzene rings is 1. The van der Waals surface area contributed by atoms with E-state index in [4.69, 9.17) is 4.74 Å². The van der Waals surface area contributed by atoms with Crippen molar-refractivity contribution in [1.29, 1.82) is 0 Å². The van der Waals surface area contributed by atoms with Crippen molar-refractivity contribution in [3.63, 3.8) is 0 Å². The Morgan fingerprint density at radius 2 is 2.12 bits per heavy atom. The van der Waals surface area contributed by atoms with E-state index in [1.165, 1.54) is 0 Å². The molecule has 1 aliphatic heterocycles. The standard InChI is InChI=1S/C19H18N4O2/c1-14-11-17-19(20-13-14)25-10-9-22(17)18(24)12-15-3-5-16(6-4-15)23-8-2-7-21-23/h2-8,11,13H,9-10,12H2,1H3. The van der Waals surface area contributed by atoms with Gasteiger partial charge in [-0.3, -0.25) is 4.79 Å². The van der Waals surface area contributed by atoms with Crippen LogP contribution >= 0.6 is 0 Å². The number of nitrogens with zero attached hydrogens (tertiary/aromatic N) is 4. The number of aryl methyl sites for hydroxylation is 1. The van der Waals surface area contributed by atoms with Gasteiger partial charge in [0.1, 0.15) is 12.3 Å². The van der Waals surface area contributed by atoms with E-state index in [1.54, 1.807) is 22.0 Å². The van der Waals surface area contributed by atoms with Crippen molar-refractivity contribution in [3.05, 3.63) is 66.1 Å². The molecule has 2 aromatic heterocycles. The zero-order valence-electron chi connectivity index (χ0n) is 13.9. The monoisotopic (exact) mass is 334 g/mol. The first kappa shape index (κ1) is 15.4. The lowest BCUT2D eigenvalue weighted by atomic mass is 10.1. The van der Waals surface area contributed by atoms with E-state index in [2.05, 4.69) is 10.1 Å². The molecule has 0 N–H and O–H groups in total. The molecule has 0 spiro atoms. The summed E-state index contributed by atoms with van der Waals surface area (Å²) in [6.45, 7) is 2.97. The van der Waals surface area contributed by atoms with Crippen LogP contribution in [0.15, 0.2) is 55.0 Å². The number of carbonyl (C=O) groups is 1. The van der Waals surface area contributed by atoms with E-state index in [0.29, 0.717) is 25.5 Å². The van der Waals surface area contributed by atoms with Gasteiger partial charge < -0.3 is 9.64 Å². The minimum atomic E-state index is 0.0452. The molecule has 0 unspecified atom stereocenters. The first-order valence-corrected chi connectivity index (χ1v) is 8.19. The van der Waals surface area contributed by atoms with Crippen LogP contribution in [-0.4, -0.2) is 33.8 Å². The number of amides is 1. The Morgan fingerprint density at radius 1 is 1.28 bits per heavy atom. The van der Waals surface area contributed by atoms with Gasteiger partial charge in [0.2, 0.25) is 11.8 Å². The van der Waals surface area contributed by atoms with Crippen molar-refractivity contribution in [1.82, 2.24) is 14.8 Å². The fourth-order valence-electron chi connectivity index (χ4n) is 2.92. The first-order chi connectivity index (χ1) is 12.2. The molecule has 0 bridgehead atoms. The third-order valence-corrected chi connectivity index (χ3v) is 4.18. The lowest BCUT2D eigenvalue weighted by Gasteiger charge is -2.29. The van der Waals surface area contributed by atoms with Crippen molar-refractivity contribution >= 4 is 11.6 Å². The summed E-state index contributed by atoms with van der Waals surface area (Å²) in [4.78, 5) is 18.8. The molecule has 1 amide bonds. The van der Waals surface area contributed by atoms with Crippen molar-refractivity contribution in [2.75, 3.05) is 18.1 Å². The number of aromatic nitrogens is 3. The van der Waals surface area contributed by atoms with Crippen molar-refractivity contribution in [2.45, 2.75) is 13.3 Å². The second-order valence-corrected chi connectivity index (χ2v) is 6.02. The third kappa shape index (κ3) is 3.10. The van der Waals surface area contributed by atoms with Gasteiger partial charge in [-0.15, -0.1) is 0 Å². The van der Waals surface area contributed by atoms with Crippen LogP contribution in [0.25, 0.3) is 5.69 Å². The molecule has 0 saturated carbocycles. The fourth-order valence-corrected chi connectivity index (χ4v) is 2.92. The van der Waals surface area contributed by atoms with Crippen LogP contribution < -0.4 is 9.64 Å². The Bertz CT molecular complexity index is 888. The summed E-state index contributed by atoms with van der Waals surface area (Å²) in [6, 6.07) is 11.7. The van der Waals surface area contributed by atoms with Gasteiger partial charge in [0, 0.05) is 18.6 Å². The van der Waals surface area contributed by atoms with Gasteiger partial charge in [0.15, 0.2) is 0 Å². The van der Waals surface area contributed by atoms with Crippen molar-refractivity contribution in [3.8, 4) is 11.6 Å². The van der Waals surface area contributed by atoms with Crippen LogP contribution in [0, 0.1) is 6.92 Å². The number of ether oxygens (including phenoxy) is 1. The Kier molecular flexibility index (Phi) is 3.93. The summed E-state index contributed by atoms with van der Waals surface area (Å²) < 4.78 is 7.34. The van der Waals surface area contributed by atoms with Crippen LogP contribution in [0.1, 0.15) is 11.1 Å². The maximum Gasteiger partial charge on any atom is 0.238 e. The lowest BCUT2D eigenvalue weighted by molar-refractivity contribution is -0.118. The summed E-state index contributed by atoms with van der Waals surface area (Å²) in [7, 11) is 0. The van der Waals surface area contributed by atoms with E-state index in [1.807, 2.05) is 49.5 Å². The van der Waals surface area contributed by atoms with Crippen molar-refractivity contribution in [2.24, 2.45) is 0 Å². The van der Waals surface area contributed by atoms with E-state index < -0.39 is 0 Å². The van der Waals surface area contributed by atoms with Crippen LogP contribution in [0.3, 0.4) is 0 Å². The normalized spacial score (nSPS) is 13.2. The molecular formula is C19H18N4O2. The predicted molar refractivity (Wildman–Crippen MR) is 94.1 cm³/mol. The Morgan fingerprint density at radius 3 is 2.88 bits per heavy atom. The number of hydrogen-bond donors (Lipinski definition) is 0. The minimum Gasteiger partial charge on any atom is -0.474 e. The number of carbonyl (C=O) groups excluding carboxylic acids is 1. The second kappa shape index (κ2) is 6.39. The molecule has 0 saturated heterocycles. The first-order valence-electron chi connectivity index (χ1n) is 8.19. The zero-order chi connectivity index (χ0) is 17.2. The van der Waals surface area contributed by atoms with Crippen LogP contribution in [0.2, 0.25) is 0 Å². The highest BCUT2D eigenvalue weighted by Gasteiger charge is 2.24. The van der Waals surface area contributed by atoms with E-state index >= 15 is 0 Å². The van der Waals surface area contributed by atoms with Gasteiger partial charge in [0.05, 0.1) is 18.7 Å². The Balaban J connectivity index is 1.52. The Labute approximate surface area is 145 Å². The predicted octanol–water partition coefficient (Wildman–Crippen LogP) is 2.54. The molecule has 3 aromatic rings. The molecule has 0 atom stereocenters. The van der Waals surface area contributed by atoms with E-state index in [-0.39, 0.29) is 5.91 Å². The smallest absolute Gasteiger partial charge is 0.238 e. The van der Waals surface area contributed by atoms with Gasteiger partial charge in [-0.2, -0.15) is 5.10 Å². The highest BCUT2D eigenvalue weighted by atomic mass is 16.5. The van der Waals surface area contributed by atoms with Gasteiger partial charge in [0.25, 0.3) is 0 Å². The summed E-state index contributed by atoms with van der Waals surface area (Å²) in [6.07, 6.45) is 5.72. The van der Waals surface area contributed by atoms with Gasteiger partial charge in [-0.05, 0) is 42.3 Å². The molecule has 6 heteroatoms. The average Bonchev–Trinajstić information content (AvgIpc) is 3.16. The van der Waals surface area contributed by atoms with Crippen LogP contribution in [0.4, 0.5) is 5.69 Å². The molecule has 4 rings (SSSR count). The van der Waals surface area contributed by atoms with Crippen LogP contribution in [0.5, 0.6) is 5.88 Å². The number of rotatable bonds is 3. The molecule has 1 aromatic carbocycles. The molecule has 6 nitrogen and oxygen atoms in total. The molecule has 25 heavy (non-hydrogen) atoms. The zero-order valence-corrected chi connectivity index (χ0v) is 13.9. The average molecular weight is 334 g/mol. The molecule has 0 fully saturated rings. The summed E-state index contributed by atoms with van der Waals surface area (Å²) in [5.74, 6) is 0.572. The Hall–Kier alpha value is -3.15. The number of anilines is 1. The summed E-state index contributed by atoms with van der Waals surface area (Å²) >= 11 is 0.